The van der Waals surface area contributed by atoms with Crippen molar-refractivity contribution in [3.8, 4) is 0 Å². The minimum Gasteiger partial charge on any atom is -0.337 e. The summed E-state index contributed by atoms with van der Waals surface area (Å²) in [5, 5.41) is 0. The van der Waals surface area contributed by atoms with E-state index in [0.717, 1.165) is 12.8 Å². The predicted octanol–water partition coefficient (Wildman–Crippen LogP) is 1.98. The third-order valence-electron chi connectivity index (χ3n) is 3.56. The topological polar surface area (TPSA) is 20.3 Å². The molecule has 1 unspecified atom stereocenters. The maximum absolute atomic E-state index is 11.7. The molecule has 72 valence electrons. The summed E-state index contributed by atoms with van der Waals surface area (Å²) in [4.78, 5) is 13.5. The van der Waals surface area contributed by atoms with Crippen LogP contribution in [0.2, 0.25) is 0 Å². The molecule has 0 N–H and O–H groups in total. The molecule has 1 amide bonds. The lowest BCUT2D eigenvalue weighted by Crippen LogP contribution is -2.54. The molecule has 1 aliphatic carbocycles. The Hall–Kier alpha value is -1.31. The second-order valence-corrected chi connectivity index (χ2v) is 4.39. The number of amides is 1. The summed E-state index contributed by atoms with van der Waals surface area (Å²) in [5.74, 6) is 0.339. The van der Waals surface area contributed by atoms with Crippen molar-refractivity contribution < 1.29 is 4.79 Å². The number of nitrogens with zero attached hydrogens (tertiary/aromatic N) is 1. The van der Waals surface area contributed by atoms with Crippen LogP contribution >= 0.6 is 0 Å². The van der Waals surface area contributed by atoms with Gasteiger partial charge in [0.15, 0.2) is 0 Å². The van der Waals surface area contributed by atoms with Crippen molar-refractivity contribution >= 4 is 5.91 Å². The number of β-lactam (4-membered cyclic amide) rings is 1. The van der Waals surface area contributed by atoms with E-state index in [1.165, 1.54) is 5.56 Å². The lowest BCUT2D eigenvalue weighted by molar-refractivity contribution is -0.157. The average Bonchev–Trinajstić information content (AvgIpc) is 3.02. The van der Waals surface area contributed by atoms with Gasteiger partial charge in [0.1, 0.15) is 0 Å². The number of carbonyl (C=O) groups excluding carboxylic acids is 1. The van der Waals surface area contributed by atoms with E-state index in [0.29, 0.717) is 11.9 Å². The third-order valence-corrected chi connectivity index (χ3v) is 3.56. The largest absolute Gasteiger partial charge is 0.337 e. The van der Waals surface area contributed by atoms with Crippen molar-refractivity contribution in [3.05, 3.63) is 35.9 Å². The summed E-state index contributed by atoms with van der Waals surface area (Å²) >= 11 is 0. The number of benzene rings is 1. The fraction of sp³-hybridized carbons (Fsp3) is 0.417. The summed E-state index contributed by atoms with van der Waals surface area (Å²) in [6.07, 6.45) is 2.16. The number of carbonyl (C=O) groups is 1. The number of hydrogen-bond donors (Lipinski definition) is 0. The monoisotopic (exact) mass is 187 g/mol. The molecule has 1 aliphatic heterocycles. The second-order valence-electron chi connectivity index (χ2n) is 4.39. The minimum absolute atomic E-state index is 0.0100. The second kappa shape index (κ2) is 2.38. The molecule has 1 atom stereocenters. The van der Waals surface area contributed by atoms with Gasteiger partial charge in [-0.2, -0.15) is 0 Å². The van der Waals surface area contributed by atoms with E-state index < -0.39 is 0 Å². The zero-order chi connectivity index (χ0) is 9.76. The van der Waals surface area contributed by atoms with Crippen LogP contribution in [0.4, 0.5) is 0 Å². The highest BCUT2D eigenvalue weighted by molar-refractivity contribution is 5.93. The van der Waals surface area contributed by atoms with E-state index >= 15 is 0 Å². The normalized spacial score (nSPS) is 27.6. The van der Waals surface area contributed by atoms with Gasteiger partial charge >= 0.3 is 0 Å². The first-order chi connectivity index (χ1) is 6.76. The van der Waals surface area contributed by atoms with Gasteiger partial charge in [0.2, 0.25) is 5.91 Å². The molecule has 1 heterocycles. The lowest BCUT2D eigenvalue weighted by atomic mass is 9.80. The standard InChI is InChI=1S/C12H13NO/c1-13-10(9-5-3-2-4-6-9)12(7-8-12)11(13)14/h2-6,10H,7-8H2,1H3. The van der Waals surface area contributed by atoms with E-state index in [9.17, 15) is 4.79 Å². The number of hydrogen-bond acceptors (Lipinski definition) is 1. The maximum atomic E-state index is 11.7. The molecule has 3 rings (SSSR count). The molecule has 0 aromatic heterocycles. The van der Waals surface area contributed by atoms with Gasteiger partial charge < -0.3 is 4.90 Å². The first kappa shape index (κ1) is 8.04. The van der Waals surface area contributed by atoms with Gasteiger partial charge in [0.25, 0.3) is 0 Å². The zero-order valence-corrected chi connectivity index (χ0v) is 8.23. The van der Waals surface area contributed by atoms with E-state index in [-0.39, 0.29) is 5.41 Å². The van der Waals surface area contributed by atoms with Crippen LogP contribution in [0, 0.1) is 5.41 Å². The zero-order valence-electron chi connectivity index (χ0n) is 8.23. The Morgan fingerprint density at radius 2 is 1.93 bits per heavy atom. The van der Waals surface area contributed by atoms with Crippen molar-refractivity contribution in [2.75, 3.05) is 7.05 Å². The van der Waals surface area contributed by atoms with Crippen molar-refractivity contribution in [2.24, 2.45) is 5.41 Å². The Bertz CT molecular complexity index is 381. The van der Waals surface area contributed by atoms with Crippen LogP contribution in [0.25, 0.3) is 0 Å². The molecule has 1 saturated carbocycles. The Morgan fingerprint density at radius 3 is 2.50 bits per heavy atom. The van der Waals surface area contributed by atoms with E-state index in [2.05, 4.69) is 12.1 Å². The molecule has 1 saturated heterocycles. The molecule has 2 nitrogen and oxygen atoms in total. The molecule has 0 radical (unpaired) electrons. The molecule has 2 aliphatic rings. The highest BCUT2D eigenvalue weighted by atomic mass is 16.2. The van der Waals surface area contributed by atoms with Gasteiger partial charge in [0, 0.05) is 7.05 Å². The molecular weight excluding hydrogens is 174 g/mol. The van der Waals surface area contributed by atoms with Crippen molar-refractivity contribution in [1.82, 2.24) is 4.90 Å². The molecule has 1 aromatic rings. The number of likely N-dealkylation sites (tertiary alicyclic amines) is 1. The Kier molecular flexibility index (Phi) is 1.37. The van der Waals surface area contributed by atoms with Crippen LogP contribution in [0.15, 0.2) is 30.3 Å². The third kappa shape index (κ3) is 0.788. The van der Waals surface area contributed by atoms with Crippen LogP contribution in [-0.2, 0) is 4.79 Å². The van der Waals surface area contributed by atoms with Crippen molar-refractivity contribution in [2.45, 2.75) is 18.9 Å². The van der Waals surface area contributed by atoms with Gasteiger partial charge in [-0.25, -0.2) is 0 Å². The van der Waals surface area contributed by atoms with Gasteiger partial charge in [-0.15, -0.1) is 0 Å². The average molecular weight is 187 g/mol. The van der Waals surface area contributed by atoms with Crippen LogP contribution in [-0.4, -0.2) is 17.9 Å². The molecule has 14 heavy (non-hydrogen) atoms. The smallest absolute Gasteiger partial charge is 0.231 e. The molecule has 2 heteroatoms. The summed E-state index contributed by atoms with van der Waals surface area (Å²) < 4.78 is 0. The maximum Gasteiger partial charge on any atom is 0.231 e. The Morgan fingerprint density at radius 1 is 1.29 bits per heavy atom. The van der Waals surface area contributed by atoms with E-state index in [1.54, 1.807) is 0 Å². The summed E-state index contributed by atoms with van der Waals surface area (Å²) in [7, 11) is 1.91. The molecule has 1 spiro atoms. The Labute approximate surface area is 83.5 Å². The molecule has 0 bridgehead atoms. The van der Waals surface area contributed by atoms with Crippen LogP contribution in [0.3, 0.4) is 0 Å². The summed E-state index contributed by atoms with van der Waals surface area (Å²) in [6, 6.07) is 10.7. The van der Waals surface area contributed by atoms with Crippen LogP contribution in [0.5, 0.6) is 0 Å². The van der Waals surface area contributed by atoms with Gasteiger partial charge in [0.05, 0.1) is 11.5 Å². The fourth-order valence-corrected chi connectivity index (χ4v) is 2.69. The van der Waals surface area contributed by atoms with Gasteiger partial charge in [-0.05, 0) is 18.4 Å². The van der Waals surface area contributed by atoms with Gasteiger partial charge in [-0.1, -0.05) is 30.3 Å². The first-order valence-electron chi connectivity index (χ1n) is 5.08. The van der Waals surface area contributed by atoms with E-state index in [1.807, 2.05) is 30.1 Å². The highest BCUT2D eigenvalue weighted by Gasteiger charge is 2.66. The van der Waals surface area contributed by atoms with Crippen LogP contribution in [0.1, 0.15) is 24.4 Å². The van der Waals surface area contributed by atoms with Crippen molar-refractivity contribution in [1.29, 1.82) is 0 Å². The molecular formula is C12H13NO. The Balaban J connectivity index is 1.97. The lowest BCUT2D eigenvalue weighted by Gasteiger charge is -2.46. The fourth-order valence-electron chi connectivity index (χ4n) is 2.69. The minimum atomic E-state index is 0.0100. The predicted molar refractivity (Wildman–Crippen MR) is 53.6 cm³/mol. The SMILES string of the molecule is CN1C(=O)C2(CC2)C1c1ccccc1. The summed E-state index contributed by atoms with van der Waals surface area (Å²) in [5.41, 5.74) is 1.29. The summed E-state index contributed by atoms with van der Waals surface area (Å²) in [6.45, 7) is 0. The highest BCUT2D eigenvalue weighted by Crippen LogP contribution is 2.64. The molecule has 1 aromatic carbocycles. The number of rotatable bonds is 1. The first-order valence-corrected chi connectivity index (χ1v) is 5.08. The molecule has 2 fully saturated rings. The van der Waals surface area contributed by atoms with Crippen LogP contribution < -0.4 is 0 Å². The van der Waals surface area contributed by atoms with Crippen molar-refractivity contribution in [3.63, 3.8) is 0 Å². The van der Waals surface area contributed by atoms with Gasteiger partial charge in [-0.3, -0.25) is 4.79 Å². The van der Waals surface area contributed by atoms with E-state index in [4.69, 9.17) is 0 Å². The quantitative estimate of drug-likeness (QED) is 0.616.